The van der Waals surface area contributed by atoms with Crippen molar-refractivity contribution in [2.75, 3.05) is 13.1 Å². The van der Waals surface area contributed by atoms with E-state index in [9.17, 15) is 14.0 Å². The number of aliphatic carboxylic acids is 1. The van der Waals surface area contributed by atoms with Crippen molar-refractivity contribution in [3.8, 4) is 0 Å². The van der Waals surface area contributed by atoms with Gasteiger partial charge in [-0.25, -0.2) is 9.18 Å². The zero-order valence-corrected chi connectivity index (χ0v) is 10.3. The maximum Gasteiger partial charge on any atom is 0.410 e. The molecule has 0 spiro atoms. The molecule has 1 amide bonds. The zero-order chi connectivity index (χ0) is 13.2. The minimum absolute atomic E-state index is 0.121. The average Bonchev–Trinajstić information content (AvgIpc) is 2.14. The van der Waals surface area contributed by atoms with Crippen LogP contribution in [0.5, 0.6) is 0 Å². The molecule has 0 aromatic carbocycles. The minimum Gasteiger partial charge on any atom is -0.481 e. The van der Waals surface area contributed by atoms with E-state index in [-0.39, 0.29) is 19.5 Å². The summed E-state index contributed by atoms with van der Waals surface area (Å²) in [4.78, 5) is 23.5. The normalized spacial score (nSPS) is 25.5. The number of carboxylic acid groups (broad SMARTS) is 1. The number of rotatable bonds is 1. The van der Waals surface area contributed by atoms with Gasteiger partial charge in [0.2, 0.25) is 0 Å². The molecule has 2 atom stereocenters. The van der Waals surface area contributed by atoms with Crippen LogP contribution in [0, 0.1) is 5.92 Å². The largest absolute Gasteiger partial charge is 0.481 e. The summed E-state index contributed by atoms with van der Waals surface area (Å²) in [6, 6.07) is 0. The first-order valence-electron chi connectivity index (χ1n) is 5.55. The second-order valence-electron chi connectivity index (χ2n) is 5.18. The third kappa shape index (κ3) is 3.87. The maximum absolute atomic E-state index is 13.5. The third-order valence-corrected chi connectivity index (χ3v) is 2.51. The Bertz CT molecular complexity index is 313. The van der Waals surface area contributed by atoms with Crippen molar-refractivity contribution in [1.82, 2.24) is 4.90 Å². The summed E-state index contributed by atoms with van der Waals surface area (Å²) >= 11 is 0. The van der Waals surface area contributed by atoms with Gasteiger partial charge in [0.15, 0.2) is 0 Å². The minimum atomic E-state index is -1.53. The van der Waals surface area contributed by atoms with E-state index in [4.69, 9.17) is 9.84 Å². The lowest BCUT2D eigenvalue weighted by Gasteiger charge is -2.34. The summed E-state index contributed by atoms with van der Waals surface area (Å²) in [5.74, 6) is -2.17. The molecule has 5 nitrogen and oxygen atoms in total. The number of halogens is 1. The number of hydrogen-bond donors (Lipinski definition) is 1. The van der Waals surface area contributed by atoms with E-state index in [2.05, 4.69) is 0 Å². The molecule has 1 aliphatic heterocycles. The highest BCUT2D eigenvalue weighted by Gasteiger charge is 2.37. The number of alkyl halides is 1. The number of carbonyl (C=O) groups is 2. The van der Waals surface area contributed by atoms with Gasteiger partial charge >= 0.3 is 12.1 Å². The number of hydrogen-bond acceptors (Lipinski definition) is 3. The summed E-state index contributed by atoms with van der Waals surface area (Å²) in [5, 5.41) is 8.75. The second-order valence-corrected chi connectivity index (χ2v) is 5.18. The first-order chi connectivity index (χ1) is 7.70. The Kier molecular flexibility index (Phi) is 3.95. The summed E-state index contributed by atoms with van der Waals surface area (Å²) in [7, 11) is 0. The fourth-order valence-electron chi connectivity index (χ4n) is 1.68. The highest BCUT2D eigenvalue weighted by atomic mass is 19.1. The quantitative estimate of drug-likeness (QED) is 0.765. The molecule has 0 saturated carbocycles. The van der Waals surface area contributed by atoms with Gasteiger partial charge in [-0.1, -0.05) is 0 Å². The van der Waals surface area contributed by atoms with Crippen molar-refractivity contribution < 1.29 is 23.8 Å². The lowest BCUT2D eigenvalue weighted by Crippen LogP contribution is -2.48. The number of carboxylic acids is 1. The highest BCUT2D eigenvalue weighted by Crippen LogP contribution is 2.22. The molecule has 0 aliphatic carbocycles. The SMILES string of the molecule is CC(C)(C)OC(=O)N1CC[C@@H](C(=O)O)[C@@H](F)C1. The molecule has 1 fully saturated rings. The van der Waals surface area contributed by atoms with Crippen molar-refractivity contribution in [2.45, 2.75) is 39.0 Å². The van der Waals surface area contributed by atoms with Gasteiger partial charge in [-0.15, -0.1) is 0 Å². The molecule has 1 N–H and O–H groups in total. The van der Waals surface area contributed by atoms with Crippen molar-refractivity contribution in [3.63, 3.8) is 0 Å². The van der Waals surface area contributed by atoms with Crippen LogP contribution < -0.4 is 0 Å². The number of amides is 1. The van der Waals surface area contributed by atoms with Crippen LogP contribution in [-0.4, -0.2) is 46.9 Å². The molecular weight excluding hydrogens is 229 g/mol. The van der Waals surface area contributed by atoms with Crippen molar-refractivity contribution in [3.05, 3.63) is 0 Å². The molecule has 0 unspecified atom stereocenters. The number of ether oxygens (including phenoxy) is 1. The molecule has 17 heavy (non-hydrogen) atoms. The second kappa shape index (κ2) is 4.89. The van der Waals surface area contributed by atoms with E-state index in [1.54, 1.807) is 20.8 Å². The Morgan fingerprint density at radius 2 is 2.00 bits per heavy atom. The topological polar surface area (TPSA) is 66.8 Å². The molecule has 1 saturated heterocycles. The Hall–Kier alpha value is -1.33. The summed E-state index contributed by atoms with van der Waals surface area (Å²) < 4.78 is 18.6. The predicted octanol–water partition coefficient (Wildman–Crippen LogP) is 1.67. The van der Waals surface area contributed by atoms with Crippen LogP contribution in [0.15, 0.2) is 0 Å². The molecule has 1 heterocycles. The average molecular weight is 247 g/mol. The van der Waals surface area contributed by atoms with Crippen LogP contribution in [0.2, 0.25) is 0 Å². The lowest BCUT2D eigenvalue weighted by atomic mass is 9.95. The fraction of sp³-hybridized carbons (Fsp3) is 0.818. The van der Waals surface area contributed by atoms with Crippen LogP contribution in [0.4, 0.5) is 9.18 Å². The van der Waals surface area contributed by atoms with E-state index in [0.29, 0.717) is 0 Å². The first-order valence-corrected chi connectivity index (χ1v) is 5.55. The molecule has 0 radical (unpaired) electrons. The molecule has 0 aromatic heterocycles. The monoisotopic (exact) mass is 247 g/mol. The highest BCUT2D eigenvalue weighted by molar-refractivity contribution is 5.72. The van der Waals surface area contributed by atoms with E-state index in [0.717, 1.165) is 0 Å². The van der Waals surface area contributed by atoms with Gasteiger partial charge in [-0.3, -0.25) is 4.79 Å². The third-order valence-electron chi connectivity index (χ3n) is 2.51. The Labute approximate surface area is 99.5 Å². The van der Waals surface area contributed by atoms with E-state index in [1.165, 1.54) is 4.90 Å². The smallest absolute Gasteiger partial charge is 0.410 e. The van der Waals surface area contributed by atoms with E-state index >= 15 is 0 Å². The van der Waals surface area contributed by atoms with Crippen molar-refractivity contribution >= 4 is 12.1 Å². The van der Waals surface area contributed by atoms with Crippen LogP contribution >= 0.6 is 0 Å². The summed E-state index contributed by atoms with van der Waals surface area (Å²) in [5.41, 5.74) is -0.632. The fourth-order valence-corrected chi connectivity index (χ4v) is 1.68. The lowest BCUT2D eigenvalue weighted by molar-refractivity contribution is -0.146. The van der Waals surface area contributed by atoms with Crippen LogP contribution in [0.1, 0.15) is 27.2 Å². The van der Waals surface area contributed by atoms with Crippen molar-refractivity contribution in [1.29, 1.82) is 0 Å². The van der Waals surface area contributed by atoms with Gasteiger partial charge in [0.25, 0.3) is 0 Å². The standard InChI is InChI=1S/C11H18FNO4/c1-11(2,3)17-10(16)13-5-4-7(9(14)15)8(12)6-13/h7-8H,4-6H2,1-3H3,(H,14,15)/t7-,8+/m1/s1. The number of nitrogens with zero attached hydrogens (tertiary/aromatic N) is 1. The maximum atomic E-state index is 13.5. The molecule has 1 rings (SSSR count). The van der Waals surface area contributed by atoms with Gasteiger partial charge in [-0.2, -0.15) is 0 Å². The van der Waals surface area contributed by atoms with Gasteiger partial charge in [0.05, 0.1) is 12.5 Å². The van der Waals surface area contributed by atoms with Gasteiger partial charge in [0.1, 0.15) is 11.8 Å². The number of likely N-dealkylation sites (tertiary alicyclic amines) is 1. The molecule has 0 aromatic rings. The van der Waals surface area contributed by atoms with E-state index in [1.807, 2.05) is 0 Å². The van der Waals surface area contributed by atoms with Gasteiger partial charge < -0.3 is 14.7 Å². The Balaban J connectivity index is 2.55. The summed E-state index contributed by atoms with van der Waals surface area (Å²) in [6.07, 6.45) is -2.01. The van der Waals surface area contributed by atoms with Crippen LogP contribution in [0.3, 0.4) is 0 Å². The number of piperidine rings is 1. The van der Waals surface area contributed by atoms with E-state index < -0.39 is 29.8 Å². The van der Waals surface area contributed by atoms with Crippen LogP contribution in [-0.2, 0) is 9.53 Å². The molecular formula is C11H18FNO4. The Morgan fingerprint density at radius 1 is 1.41 bits per heavy atom. The van der Waals surface area contributed by atoms with Gasteiger partial charge in [-0.05, 0) is 27.2 Å². The van der Waals surface area contributed by atoms with Crippen molar-refractivity contribution in [2.24, 2.45) is 5.92 Å². The zero-order valence-electron chi connectivity index (χ0n) is 10.3. The predicted molar refractivity (Wildman–Crippen MR) is 58.4 cm³/mol. The molecule has 98 valence electrons. The van der Waals surface area contributed by atoms with Crippen LogP contribution in [0.25, 0.3) is 0 Å². The van der Waals surface area contributed by atoms with Gasteiger partial charge in [0, 0.05) is 6.54 Å². The summed E-state index contributed by atoms with van der Waals surface area (Å²) in [6.45, 7) is 5.17. The molecule has 6 heteroatoms. The first kappa shape index (κ1) is 13.7. The molecule has 0 bridgehead atoms. The molecule has 1 aliphatic rings. The Morgan fingerprint density at radius 3 is 2.41 bits per heavy atom. The number of carbonyl (C=O) groups excluding carboxylic acids is 1.